The van der Waals surface area contributed by atoms with Crippen LogP contribution in [0.3, 0.4) is 0 Å². The van der Waals surface area contributed by atoms with Gasteiger partial charge in [-0.1, -0.05) is 12.7 Å². The average Bonchev–Trinajstić information content (AvgIpc) is 2.25. The number of hydrogen-bond donors (Lipinski definition) is 1. The smallest absolute Gasteiger partial charge is 0.412 e. The molecule has 0 aliphatic carbocycles. The van der Waals surface area contributed by atoms with Gasteiger partial charge in [0.05, 0.1) is 6.61 Å². The molecule has 6 heteroatoms. The van der Waals surface area contributed by atoms with Gasteiger partial charge in [-0.15, -0.1) is 0 Å². The monoisotopic (exact) mass is 215 g/mol. The van der Waals surface area contributed by atoms with E-state index in [9.17, 15) is 9.59 Å². The number of hydrogen-bond acceptors (Lipinski definition) is 4. The maximum Gasteiger partial charge on any atom is 0.412 e. The van der Waals surface area contributed by atoms with Gasteiger partial charge in [-0.05, 0) is 0 Å². The molecule has 1 amide bonds. The molecule has 0 aromatic heterocycles. The highest BCUT2D eigenvalue weighted by Gasteiger charge is 2.33. The van der Waals surface area contributed by atoms with Crippen molar-refractivity contribution in [1.82, 2.24) is 4.90 Å². The van der Waals surface area contributed by atoms with E-state index in [-0.39, 0.29) is 19.8 Å². The van der Waals surface area contributed by atoms with Gasteiger partial charge in [-0.3, -0.25) is 4.90 Å². The molecule has 0 saturated carbocycles. The summed E-state index contributed by atoms with van der Waals surface area (Å²) in [6.45, 7) is 3.73. The van der Waals surface area contributed by atoms with Gasteiger partial charge >= 0.3 is 12.1 Å². The molecule has 1 fully saturated rings. The maximum absolute atomic E-state index is 11.4. The molecular weight excluding hydrogens is 202 g/mol. The Kier molecular flexibility index (Phi) is 4.11. The largest absolute Gasteiger partial charge is 0.480 e. The molecule has 0 radical (unpaired) electrons. The normalized spacial score (nSPS) is 20.8. The molecule has 1 unspecified atom stereocenters. The van der Waals surface area contributed by atoms with Crippen LogP contribution in [0.25, 0.3) is 0 Å². The molecule has 1 rings (SSSR count). The molecule has 6 nitrogen and oxygen atoms in total. The first kappa shape index (κ1) is 11.5. The van der Waals surface area contributed by atoms with Crippen molar-refractivity contribution >= 4 is 12.1 Å². The van der Waals surface area contributed by atoms with E-state index in [2.05, 4.69) is 6.58 Å². The standard InChI is InChI=1S/C9H13NO5/c1-2-4-15-9(13)10-6-14-5-3-7(10)8(11)12/h2,7H,1,3-6H2,(H,11,12). The lowest BCUT2D eigenvalue weighted by Gasteiger charge is -2.31. The van der Waals surface area contributed by atoms with Crippen LogP contribution < -0.4 is 0 Å². The number of rotatable bonds is 3. The van der Waals surface area contributed by atoms with Crippen LogP contribution in [-0.2, 0) is 14.3 Å². The second-order valence-corrected chi connectivity index (χ2v) is 3.02. The van der Waals surface area contributed by atoms with Crippen LogP contribution in [0.5, 0.6) is 0 Å². The van der Waals surface area contributed by atoms with Gasteiger partial charge in [0.2, 0.25) is 0 Å². The number of carboxylic acids is 1. The van der Waals surface area contributed by atoms with Crippen LogP contribution in [0.1, 0.15) is 6.42 Å². The minimum absolute atomic E-state index is 0.0487. The Hall–Kier alpha value is -1.56. The van der Waals surface area contributed by atoms with Crippen molar-refractivity contribution in [3.05, 3.63) is 12.7 Å². The van der Waals surface area contributed by atoms with Crippen LogP contribution in [0, 0.1) is 0 Å². The summed E-state index contributed by atoms with van der Waals surface area (Å²) in [4.78, 5) is 23.3. The van der Waals surface area contributed by atoms with Gasteiger partial charge in [-0.25, -0.2) is 9.59 Å². The summed E-state index contributed by atoms with van der Waals surface area (Å²) in [5.41, 5.74) is 0. The van der Waals surface area contributed by atoms with E-state index in [1.54, 1.807) is 0 Å². The van der Waals surface area contributed by atoms with Crippen molar-refractivity contribution in [1.29, 1.82) is 0 Å². The zero-order chi connectivity index (χ0) is 11.3. The predicted octanol–water partition coefficient (Wildman–Crippen LogP) is 0.442. The average molecular weight is 215 g/mol. The molecule has 1 heterocycles. The van der Waals surface area contributed by atoms with Crippen LogP contribution in [0.15, 0.2) is 12.7 Å². The summed E-state index contributed by atoms with van der Waals surface area (Å²) < 4.78 is 9.74. The van der Waals surface area contributed by atoms with Crippen molar-refractivity contribution in [2.75, 3.05) is 19.9 Å². The molecule has 0 aromatic rings. The van der Waals surface area contributed by atoms with Gasteiger partial charge in [0, 0.05) is 6.42 Å². The Morgan fingerprint density at radius 2 is 2.40 bits per heavy atom. The number of amides is 1. The van der Waals surface area contributed by atoms with E-state index in [1.807, 2.05) is 0 Å². The fourth-order valence-corrected chi connectivity index (χ4v) is 1.25. The highest BCUT2D eigenvalue weighted by molar-refractivity contribution is 5.80. The second-order valence-electron chi connectivity index (χ2n) is 3.02. The molecule has 84 valence electrons. The quantitative estimate of drug-likeness (QED) is 0.691. The zero-order valence-corrected chi connectivity index (χ0v) is 8.22. The maximum atomic E-state index is 11.4. The third-order valence-corrected chi connectivity index (χ3v) is 1.99. The van der Waals surface area contributed by atoms with Crippen LogP contribution >= 0.6 is 0 Å². The number of carbonyl (C=O) groups is 2. The Morgan fingerprint density at radius 1 is 1.67 bits per heavy atom. The van der Waals surface area contributed by atoms with Gasteiger partial charge in [0.1, 0.15) is 19.4 Å². The Labute approximate surface area is 87.1 Å². The van der Waals surface area contributed by atoms with Gasteiger partial charge in [0.25, 0.3) is 0 Å². The molecule has 1 aliphatic heterocycles. The summed E-state index contributed by atoms with van der Waals surface area (Å²) >= 11 is 0. The molecule has 0 aromatic carbocycles. The zero-order valence-electron chi connectivity index (χ0n) is 8.22. The van der Waals surface area contributed by atoms with Gasteiger partial charge < -0.3 is 14.6 Å². The van der Waals surface area contributed by atoms with E-state index in [0.717, 1.165) is 4.90 Å². The van der Waals surface area contributed by atoms with Crippen molar-refractivity contribution in [2.45, 2.75) is 12.5 Å². The Balaban J connectivity index is 2.58. The highest BCUT2D eigenvalue weighted by Crippen LogP contribution is 2.12. The third-order valence-electron chi connectivity index (χ3n) is 1.99. The summed E-state index contributed by atoms with van der Waals surface area (Å²) in [5.74, 6) is -1.05. The molecule has 0 spiro atoms. The van der Waals surface area contributed by atoms with E-state index < -0.39 is 18.1 Å². The van der Waals surface area contributed by atoms with Gasteiger partial charge in [-0.2, -0.15) is 0 Å². The SMILES string of the molecule is C=CCOC(=O)N1COCCC1C(=O)O. The first-order valence-corrected chi connectivity index (χ1v) is 4.51. The van der Waals surface area contributed by atoms with Crippen LogP contribution in [0.2, 0.25) is 0 Å². The van der Waals surface area contributed by atoms with Crippen molar-refractivity contribution < 1.29 is 24.2 Å². The lowest BCUT2D eigenvalue weighted by molar-refractivity contribution is -0.149. The molecule has 1 N–H and O–H groups in total. The number of carbonyl (C=O) groups excluding carboxylic acids is 1. The van der Waals surface area contributed by atoms with E-state index in [4.69, 9.17) is 14.6 Å². The summed E-state index contributed by atoms with van der Waals surface area (Å²) in [5, 5.41) is 8.86. The Morgan fingerprint density at radius 3 is 3.00 bits per heavy atom. The minimum Gasteiger partial charge on any atom is -0.480 e. The fraction of sp³-hybridized carbons (Fsp3) is 0.556. The fourth-order valence-electron chi connectivity index (χ4n) is 1.25. The lowest BCUT2D eigenvalue weighted by Crippen LogP contribution is -2.50. The molecule has 1 atom stereocenters. The first-order valence-electron chi connectivity index (χ1n) is 4.51. The van der Waals surface area contributed by atoms with Crippen molar-refractivity contribution in [2.24, 2.45) is 0 Å². The number of ether oxygens (including phenoxy) is 2. The summed E-state index contributed by atoms with van der Waals surface area (Å²) in [6.07, 6.45) is 0.999. The number of nitrogens with zero attached hydrogens (tertiary/aromatic N) is 1. The predicted molar refractivity (Wildman–Crippen MR) is 50.2 cm³/mol. The lowest BCUT2D eigenvalue weighted by atomic mass is 10.2. The Bertz CT molecular complexity index is 265. The van der Waals surface area contributed by atoms with Crippen LogP contribution in [0.4, 0.5) is 4.79 Å². The van der Waals surface area contributed by atoms with E-state index in [0.29, 0.717) is 6.61 Å². The minimum atomic E-state index is -1.05. The first-order chi connectivity index (χ1) is 7.16. The summed E-state index contributed by atoms with van der Waals surface area (Å²) in [6, 6.07) is -0.865. The molecule has 0 bridgehead atoms. The topological polar surface area (TPSA) is 76.1 Å². The van der Waals surface area contributed by atoms with Crippen molar-refractivity contribution in [3.8, 4) is 0 Å². The number of aliphatic carboxylic acids is 1. The highest BCUT2D eigenvalue weighted by atomic mass is 16.6. The van der Waals surface area contributed by atoms with Crippen LogP contribution in [-0.4, -0.2) is 48.1 Å². The molecule has 1 aliphatic rings. The number of carboxylic acid groups (broad SMARTS) is 1. The van der Waals surface area contributed by atoms with Crippen molar-refractivity contribution in [3.63, 3.8) is 0 Å². The van der Waals surface area contributed by atoms with Gasteiger partial charge in [0.15, 0.2) is 0 Å². The molecular formula is C9H13NO5. The third kappa shape index (κ3) is 2.95. The summed E-state index contributed by atoms with van der Waals surface area (Å²) in [7, 11) is 0. The molecule has 15 heavy (non-hydrogen) atoms. The second kappa shape index (κ2) is 5.35. The van der Waals surface area contributed by atoms with E-state index >= 15 is 0 Å². The van der Waals surface area contributed by atoms with E-state index in [1.165, 1.54) is 6.08 Å². The molecule has 1 saturated heterocycles.